The van der Waals surface area contributed by atoms with Crippen LogP contribution < -0.4 is 31.6 Å². The Morgan fingerprint density at radius 1 is 0.709 bits per heavy atom. The zero-order valence-electron chi connectivity index (χ0n) is 34.3. The molecule has 0 radical (unpaired) electrons. The number of nitrogens with two attached hydrogens (primary N) is 2. The van der Waals surface area contributed by atoms with Crippen molar-refractivity contribution in [2.75, 3.05) is 105 Å². The smallest absolute Gasteiger partial charge is 0.255 e. The molecule has 5 aliphatic heterocycles. The van der Waals surface area contributed by atoms with Gasteiger partial charge in [0.2, 0.25) is 0 Å². The second-order valence-electron chi connectivity index (χ2n) is 17.1. The summed E-state index contributed by atoms with van der Waals surface area (Å²) in [5.74, 6) is 2.81. The van der Waals surface area contributed by atoms with Gasteiger partial charge in [-0.1, -0.05) is 0 Å². The molecular weight excluding hydrogens is 693 g/mol. The topological polar surface area (TPSA) is 142 Å². The number of hydrogen-bond acceptors (Lipinski definition) is 10. The number of nitrogens with one attached hydrogen (secondary N) is 2. The highest BCUT2D eigenvalue weighted by molar-refractivity contribution is 5.99. The summed E-state index contributed by atoms with van der Waals surface area (Å²) in [4.78, 5) is 35.7. The molecule has 2 amide bonds. The highest BCUT2D eigenvalue weighted by Crippen LogP contribution is 2.36. The third-order valence-electron chi connectivity index (χ3n) is 12.9. The quantitative estimate of drug-likeness (QED) is 0.276. The maximum absolute atomic E-state index is 12.9. The fourth-order valence-electron chi connectivity index (χ4n) is 9.04. The van der Waals surface area contributed by atoms with E-state index in [0.29, 0.717) is 34.9 Å². The minimum atomic E-state index is -0.0660. The Kier molecular flexibility index (Phi) is 14.2. The van der Waals surface area contributed by atoms with E-state index < -0.39 is 0 Å². The van der Waals surface area contributed by atoms with Crippen molar-refractivity contribution in [3.05, 3.63) is 46.0 Å². The Bertz CT molecular complexity index is 1600. The minimum Gasteiger partial charge on any atom is -0.496 e. The van der Waals surface area contributed by atoms with Crippen LogP contribution in [0.1, 0.15) is 88.8 Å². The number of hydrogen-bond donors (Lipinski definition) is 4. The van der Waals surface area contributed by atoms with E-state index in [2.05, 4.69) is 44.3 Å². The van der Waals surface area contributed by atoms with Crippen LogP contribution in [0.5, 0.6) is 11.5 Å². The number of ether oxygens (including phenoxy) is 2. The molecule has 5 heterocycles. The van der Waals surface area contributed by atoms with Crippen LogP contribution >= 0.6 is 0 Å². The molecule has 0 unspecified atom stereocenters. The summed E-state index contributed by atoms with van der Waals surface area (Å²) in [5, 5.41) is 6.44. The number of carbonyl (C=O) groups excluding carboxylic acids is 2. The zero-order chi connectivity index (χ0) is 39.1. The van der Waals surface area contributed by atoms with E-state index in [-0.39, 0.29) is 23.9 Å². The van der Waals surface area contributed by atoms with Crippen molar-refractivity contribution in [1.82, 2.24) is 30.2 Å². The molecule has 0 aromatic heterocycles. The number of aryl methyl sites for hydroxylation is 2. The SMILES string of the molecule is COc1cc(N)c(C)cc1C(=O)NC1CCN(CC2CCN(C)CC2)CC1.Cc1cc(C(=O)NC2CCN(CC3CCN(C)CC3)CC2)c2c(c1N)CCO2. The molecule has 12 nitrogen and oxygen atoms in total. The van der Waals surface area contributed by atoms with Crippen LogP contribution in [0.15, 0.2) is 18.2 Å². The molecule has 2 aromatic carbocycles. The summed E-state index contributed by atoms with van der Waals surface area (Å²) in [5.41, 5.74) is 17.6. The zero-order valence-corrected chi connectivity index (χ0v) is 34.3. The maximum Gasteiger partial charge on any atom is 0.255 e. The molecule has 5 aliphatic rings. The molecule has 4 saturated heterocycles. The van der Waals surface area contributed by atoms with E-state index in [1.807, 2.05) is 26.0 Å². The second-order valence-corrected chi connectivity index (χ2v) is 17.1. The van der Waals surface area contributed by atoms with Crippen molar-refractivity contribution in [2.45, 2.75) is 83.7 Å². The van der Waals surface area contributed by atoms with Gasteiger partial charge in [-0.2, -0.15) is 0 Å². The molecule has 2 aromatic rings. The van der Waals surface area contributed by atoms with Gasteiger partial charge in [0, 0.05) is 80.8 Å². The first-order chi connectivity index (χ1) is 26.5. The lowest BCUT2D eigenvalue weighted by molar-refractivity contribution is 0.0884. The molecule has 55 heavy (non-hydrogen) atoms. The third-order valence-corrected chi connectivity index (χ3v) is 12.9. The van der Waals surface area contributed by atoms with Crippen molar-refractivity contribution in [3.63, 3.8) is 0 Å². The van der Waals surface area contributed by atoms with Crippen molar-refractivity contribution in [1.29, 1.82) is 0 Å². The number of benzene rings is 2. The third kappa shape index (κ3) is 10.8. The standard InChI is InChI=1S/C22H34N4O2.C21H34N4O2/c1-15-13-19(21-18(20(15)23)7-12-28-21)22(27)24-17-5-10-26(11-6-17)14-16-3-8-25(2)9-4-16;1-15-12-18(20(27-3)13-19(15)22)21(26)23-17-6-10-25(11-7-17)14-16-4-8-24(2)9-5-16/h13,16-17H,3-12,14,23H2,1-2H3,(H,24,27);12-13,16-17H,4-11,14,22H2,1-3H3,(H,23,26). The summed E-state index contributed by atoms with van der Waals surface area (Å²) >= 11 is 0. The molecule has 7 rings (SSSR count). The van der Waals surface area contributed by atoms with E-state index in [1.54, 1.807) is 13.2 Å². The molecule has 0 atom stereocenters. The van der Waals surface area contributed by atoms with Gasteiger partial charge in [0.15, 0.2) is 0 Å². The normalized spacial score (nSPS) is 21.3. The van der Waals surface area contributed by atoms with Crippen LogP contribution in [0.25, 0.3) is 0 Å². The fraction of sp³-hybridized carbons (Fsp3) is 0.674. The average Bonchev–Trinajstić information content (AvgIpc) is 3.68. The highest BCUT2D eigenvalue weighted by Gasteiger charge is 2.29. The number of likely N-dealkylation sites (tertiary alicyclic amines) is 4. The summed E-state index contributed by atoms with van der Waals surface area (Å²) in [7, 11) is 6.00. The number of carbonyl (C=O) groups is 2. The Labute approximate surface area is 329 Å². The second kappa shape index (κ2) is 19.0. The summed E-state index contributed by atoms with van der Waals surface area (Å²) < 4.78 is 11.1. The first-order valence-electron chi connectivity index (χ1n) is 20.9. The molecule has 0 bridgehead atoms. The Hall–Kier alpha value is -3.58. The number of fused-ring (bicyclic) bond motifs is 1. The number of methoxy groups -OCH3 is 1. The number of nitrogen functional groups attached to an aromatic ring is 2. The van der Waals surface area contributed by atoms with E-state index in [1.165, 1.54) is 65.0 Å². The van der Waals surface area contributed by atoms with Crippen LogP contribution in [0, 0.1) is 25.7 Å². The first-order valence-corrected chi connectivity index (χ1v) is 20.9. The molecule has 0 aliphatic carbocycles. The van der Waals surface area contributed by atoms with Crippen molar-refractivity contribution in [3.8, 4) is 11.5 Å². The molecule has 304 valence electrons. The summed E-state index contributed by atoms with van der Waals surface area (Å²) in [6.45, 7) is 16.1. The van der Waals surface area contributed by atoms with Crippen LogP contribution in [-0.4, -0.2) is 137 Å². The lowest BCUT2D eigenvalue weighted by atomic mass is 9.95. The number of anilines is 2. The van der Waals surface area contributed by atoms with E-state index in [9.17, 15) is 9.59 Å². The van der Waals surface area contributed by atoms with Gasteiger partial charge in [-0.05, 0) is 141 Å². The molecule has 0 saturated carbocycles. The summed E-state index contributed by atoms with van der Waals surface area (Å²) in [6.07, 6.45) is 10.1. The van der Waals surface area contributed by atoms with Gasteiger partial charge in [-0.25, -0.2) is 0 Å². The minimum absolute atomic E-state index is 0.0185. The predicted octanol–water partition coefficient (Wildman–Crippen LogP) is 4.17. The van der Waals surface area contributed by atoms with Gasteiger partial charge >= 0.3 is 0 Å². The summed E-state index contributed by atoms with van der Waals surface area (Å²) in [6, 6.07) is 5.90. The highest BCUT2D eigenvalue weighted by atomic mass is 16.5. The number of amides is 2. The van der Waals surface area contributed by atoms with Gasteiger partial charge in [-0.15, -0.1) is 0 Å². The average molecular weight is 761 g/mol. The van der Waals surface area contributed by atoms with E-state index in [4.69, 9.17) is 20.9 Å². The monoisotopic (exact) mass is 761 g/mol. The van der Waals surface area contributed by atoms with Crippen molar-refractivity contribution in [2.24, 2.45) is 11.8 Å². The number of piperidine rings is 4. The maximum atomic E-state index is 12.9. The largest absolute Gasteiger partial charge is 0.496 e. The van der Waals surface area contributed by atoms with Gasteiger partial charge in [0.05, 0.1) is 24.8 Å². The van der Waals surface area contributed by atoms with Gasteiger partial charge in [0.1, 0.15) is 11.5 Å². The molecular formula is C43H68N8O4. The lowest BCUT2D eigenvalue weighted by Gasteiger charge is -2.37. The predicted molar refractivity (Wildman–Crippen MR) is 221 cm³/mol. The Morgan fingerprint density at radius 3 is 1.67 bits per heavy atom. The van der Waals surface area contributed by atoms with Crippen LogP contribution in [0.4, 0.5) is 11.4 Å². The van der Waals surface area contributed by atoms with Crippen LogP contribution in [0.2, 0.25) is 0 Å². The fourth-order valence-corrected chi connectivity index (χ4v) is 9.04. The number of nitrogens with zero attached hydrogens (tertiary/aromatic N) is 4. The van der Waals surface area contributed by atoms with Crippen LogP contribution in [0.3, 0.4) is 0 Å². The molecule has 12 heteroatoms. The van der Waals surface area contributed by atoms with Crippen molar-refractivity contribution < 1.29 is 19.1 Å². The van der Waals surface area contributed by atoms with Crippen LogP contribution in [-0.2, 0) is 6.42 Å². The molecule has 6 N–H and O–H groups in total. The van der Waals surface area contributed by atoms with E-state index in [0.717, 1.165) is 92.5 Å². The molecule has 0 spiro atoms. The van der Waals surface area contributed by atoms with Gasteiger partial charge < -0.3 is 51.2 Å². The molecule has 4 fully saturated rings. The van der Waals surface area contributed by atoms with E-state index >= 15 is 0 Å². The van der Waals surface area contributed by atoms with Crippen molar-refractivity contribution >= 4 is 23.2 Å². The Balaban J connectivity index is 0.000000187. The number of rotatable bonds is 9. The Morgan fingerprint density at radius 2 is 1.18 bits per heavy atom. The van der Waals surface area contributed by atoms with Gasteiger partial charge in [0.25, 0.3) is 11.8 Å². The first kappa shape index (κ1) is 41.1. The lowest BCUT2D eigenvalue weighted by Crippen LogP contribution is -2.46. The van der Waals surface area contributed by atoms with Gasteiger partial charge in [-0.3, -0.25) is 9.59 Å².